The third kappa shape index (κ3) is 20.5. The molecule has 32 heteroatoms. The average molecular weight is 1490 g/mol. The van der Waals surface area contributed by atoms with Crippen LogP contribution in [-0.4, -0.2) is 265 Å². The zero-order valence-corrected chi connectivity index (χ0v) is 61.9. The molecule has 0 unspecified atom stereocenters. The second-order valence-electron chi connectivity index (χ2n) is 28.5. The van der Waals surface area contributed by atoms with Crippen molar-refractivity contribution < 1.29 is 88.6 Å². The molecule has 3 saturated heterocycles. The van der Waals surface area contributed by atoms with Crippen LogP contribution in [0.25, 0.3) is 0 Å². The molecule has 3 N–H and O–H groups in total. The minimum Gasteiger partial charge on any atom is -0.378 e. The Labute approximate surface area is 608 Å². The number of rotatable bonds is 11. The Hall–Kier alpha value is -8.09. The van der Waals surface area contributed by atoms with Crippen LogP contribution in [0.15, 0.2) is 42.5 Å². The van der Waals surface area contributed by atoms with Crippen LogP contribution in [-0.2, 0) is 87.5 Å². The highest BCUT2D eigenvalue weighted by Gasteiger charge is 2.52. The molecule has 12 amide bonds. The van der Waals surface area contributed by atoms with Crippen LogP contribution in [0.5, 0.6) is 0 Å². The van der Waals surface area contributed by atoms with Gasteiger partial charge in [0.2, 0.25) is 70.9 Å². The number of aryl methyl sites for hydroxylation is 1. The summed E-state index contributed by atoms with van der Waals surface area (Å²) < 4.78 is 88.6. The summed E-state index contributed by atoms with van der Waals surface area (Å²) in [6, 6.07) is -2.93. The lowest BCUT2D eigenvalue weighted by Gasteiger charge is -2.43. The van der Waals surface area contributed by atoms with Gasteiger partial charge < -0.3 is 64.8 Å². The minimum absolute atomic E-state index is 0.0470. The Bertz CT molecular complexity index is 3440. The maximum absolute atomic E-state index is 15.8. The van der Waals surface area contributed by atoms with Gasteiger partial charge in [-0.05, 0) is 105 Å². The number of fused-ring (bicyclic) bond motifs is 1. The largest absolute Gasteiger partial charge is 0.417 e. The molecule has 2 aliphatic carbocycles. The summed E-state index contributed by atoms with van der Waals surface area (Å²) in [6.45, 7) is 3.57. The number of amides is 12. The van der Waals surface area contributed by atoms with Crippen molar-refractivity contribution in [2.24, 2.45) is 11.8 Å². The van der Waals surface area contributed by atoms with E-state index in [-0.39, 0.29) is 88.9 Å². The predicted octanol–water partition coefficient (Wildman–Crippen LogP) is 5.31. The first kappa shape index (κ1) is 83.2. The number of alkyl halides is 6. The molecule has 576 valence electrons. The van der Waals surface area contributed by atoms with Crippen LogP contribution in [0.3, 0.4) is 0 Å². The molecule has 0 bridgehead atoms. The second kappa shape index (κ2) is 36.3. The Morgan fingerprint density at radius 2 is 1.22 bits per heavy atom. The number of halogens is 7. The van der Waals surface area contributed by atoms with Crippen LogP contribution in [0.4, 0.5) is 26.3 Å². The van der Waals surface area contributed by atoms with Gasteiger partial charge in [-0.15, -0.1) is 0 Å². The summed E-state index contributed by atoms with van der Waals surface area (Å²) in [6.07, 6.45) is -5.60. The number of morpholine rings is 1. The molecule has 2 saturated carbocycles. The number of nitrogens with one attached hydrogen (secondary N) is 3. The van der Waals surface area contributed by atoms with Crippen molar-refractivity contribution in [1.29, 1.82) is 0 Å². The molecule has 2 aromatic rings. The third-order valence-electron chi connectivity index (χ3n) is 21.3. The molecule has 25 nitrogen and oxygen atoms in total. The molecular formula is C72H101ClF6N12O13. The summed E-state index contributed by atoms with van der Waals surface area (Å²) in [5.41, 5.74) is -3.42. The lowest BCUT2D eigenvalue weighted by molar-refractivity contribution is -0.158. The van der Waals surface area contributed by atoms with Crippen LogP contribution >= 0.6 is 11.6 Å². The van der Waals surface area contributed by atoms with Crippen molar-refractivity contribution in [3.63, 3.8) is 0 Å². The van der Waals surface area contributed by atoms with Gasteiger partial charge in [0.25, 0.3) is 0 Å². The van der Waals surface area contributed by atoms with Crippen LogP contribution in [0, 0.1) is 11.8 Å². The van der Waals surface area contributed by atoms with E-state index in [0.717, 1.165) is 68.5 Å². The Kier molecular flexibility index (Phi) is 29.0. The molecular weight excluding hydrogens is 1390 g/mol. The fourth-order valence-electron chi connectivity index (χ4n) is 14.7. The highest BCUT2D eigenvalue weighted by Crippen LogP contribution is 2.38. The van der Waals surface area contributed by atoms with Gasteiger partial charge in [-0.3, -0.25) is 57.5 Å². The van der Waals surface area contributed by atoms with E-state index in [4.69, 9.17) is 16.3 Å². The topological polar surface area (TPSA) is 279 Å². The van der Waals surface area contributed by atoms with Crippen LogP contribution in [0.1, 0.15) is 146 Å². The van der Waals surface area contributed by atoms with Crippen molar-refractivity contribution in [3.05, 3.63) is 69.7 Å². The van der Waals surface area contributed by atoms with Crippen LogP contribution in [0.2, 0.25) is 5.02 Å². The average Bonchev–Trinajstić information content (AvgIpc) is 1.47. The van der Waals surface area contributed by atoms with Gasteiger partial charge in [0.1, 0.15) is 47.8 Å². The Balaban J connectivity index is 1.30. The monoisotopic (exact) mass is 1490 g/mol. The number of nitrogens with zero attached hydrogens (tertiary/aromatic N) is 9. The van der Waals surface area contributed by atoms with E-state index in [2.05, 4.69) is 16.0 Å². The summed E-state index contributed by atoms with van der Waals surface area (Å²) in [5.74, 6) is -10.2. The second-order valence-corrected chi connectivity index (χ2v) is 29.0. The lowest BCUT2D eigenvalue weighted by Crippen LogP contribution is -2.65. The molecule has 3 heterocycles. The Morgan fingerprint density at radius 1 is 0.615 bits per heavy atom. The molecule has 2 aromatic carbocycles. The normalized spacial score (nSPS) is 25.4. The van der Waals surface area contributed by atoms with Gasteiger partial charge >= 0.3 is 12.4 Å². The van der Waals surface area contributed by atoms with Crippen molar-refractivity contribution in [2.45, 2.75) is 197 Å². The zero-order chi connectivity index (χ0) is 76.9. The number of likely N-dealkylation sites (N-methyl/N-ethyl adjacent to an activating group) is 7. The maximum Gasteiger partial charge on any atom is 0.417 e. The van der Waals surface area contributed by atoms with E-state index in [1.807, 2.05) is 0 Å². The number of hydrogen-bond acceptors (Lipinski definition) is 13. The number of carbonyl (C=O) groups is 12. The number of hydrogen-bond donors (Lipinski definition) is 3. The van der Waals surface area contributed by atoms with Crippen LogP contribution < -0.4 is 16.0 Å². The summed E-state index contributed by atoms with van der Waals surface area (Å²) in [4.78, 5) is 189. The van der Waals surface area contributed by atoms with Gasteiger partial charge in [0, 0.05) is 75.4 Å². The number of carbonyl (C=O) groups excluding carboxylic acids is 12. The van der Waals surface area contributed by atoms with Gasteiger partial charge in [-0.1, -0.05) is 95.5 Å². The predicted molar refractivity (Wildman–Crippen MR) is 370 cm³/mol. The number of ether oxygens (including phenoxy) is 1. The standard InChI is InChI=1S/C72H101ClF6N12O13/c1-11-19-52-62(96)81-60(44(3)12-2)67(101)85(6)42-58(94)83(4)43-59(95)87(8)54(39-46-23-27-48(28-24-46)71(74,75)76)65(99)84(5)41-56(92)80-51(30-26-45-25-29-49(50(73)38-45)72(77,78)79)64(98)91-33-18-22-53(91)63(97)82-70(31-16-17-32-70)69(103)89(10)61(47-20-14-13-15-21-47)68(102)88(9)55(40-57(93)86(52)7)66(100)90-34-36-104-37-35-90/h23-25,27-29,38,44,47,51-55,60-61H,11-22,26,30-37,39-43H2,1-10H3,(H,80,92)(H,81,96)(H,82,97)/t44-,51-,52-,53-,54-,55-,60-,61-/m0/s1. The summed E-state index contributed by atoms with van der Waals surface area (Å²) in [5, 5.41) is 7.85. The molecule has 0 aromatic heterocycles. The molecule has 3 aliphatic heterocycles. The fraction of sp³-hybridized carbons (Fsp3) is 0.667. The first-order chi connectivity index (χ1) is 48.9. The lowest BCUT2D eigenvalue weighted by atomic mass is 9.81. The first-order valence-electron chi connectivity index (χ1n) is 35.8. The molecule has 7 rings (SSSR count). The molecule has 0 radical (unpaired) electrons. The highest BCUT2D eigenvalue weighted by atomic mass is 35.5. The van der Waals surface area contributed by atoms with Crippen molar-refractivity contribution >= 4 is 82.5 Å². The smallest absolute Gasteiger partial charge is 0.378 e. The van der Waals surface area contributed by atoms with Gasteiger partial charge in [0.15, 0.2) is 0 Å². The summed E-state index contributed by atoms with van der Waals surface area (Å²) >= 11 is 6.13. The molecule has 8 atom stereocenters. The molecule has 5 aliphatic rings. The van der Waals surface area contributed by atoms with Crippen molar-refractivity contribution in [3.8, 4) is 0 Å². The fourth-order valence-corrected chi connectivity index (χ4v) is 15.0. The first-order valence-corrected chi connectivity index (χ1v) is 36.2. The summed E-state index contributed by atoms with van der Waals surface area (Å²) in [7, 11) is 9.18. The van der Waals surface area contributed by atoms with Gasteiger partial charge in [0.05, 0.1) is 55.4 Å². The maximum atomic E-state index is 15.8. The Morgan fingerprint density at radius 3 is 1.82 bits per heavy atom. The van der Waals surface area contributed by atoms with E-state index in [0.29, 0.717) is 51.4 Å². The van der Waals surface area contributed by atoms with E-state index in [1.54, 1.807) is 20.8 Å². The van der Waals surface area contributed by atoms with E-state index >= 15 is 24.0 Å². The molecule has 5 fully saturated rings. The van der Waals surface area contributed by atoms with Gasteiger partial charge in [-0.25, -0.2) is 0 Å². The minimum atomic E-state index is -4.81. The molecule has 104 heavy (non-hydrogen) atoms. The third-order valence-corrected chi connectivity index (χ3v) is 21.6. The highest BCUT2D eigenvalue weighted by molar-refractivity contribution is 6.31. The molecule has 1 spiro atoms. The van der Waals surface area contributed by atoms with E-state index in [9.17, 15) is 59.9 Å². The number of benzene rings is 2. The van der Waals surface area contributed by atoms with Crippen molar-refractivity contribution in [2.75, 3.05) is 102 Å². The quantitative estimate of drug-likeness (QED) is 0.241. The van der Waals surface area contributed by atoms with E-state index in [1.165, 1.54) is 73.8 Å². The van der Waals surface area contributed by atoms with Crippen molar-refractivity contribution in [1.82, 2.24) is 60.0 Å². The zero-order valence-electron chi connectivity index (χ0n) is 61.1. The van der Waals surface area contributed by atoms with E-state index < -0.39 is 192 Å². The SMILES string of the molecule is CCC[C@H]1C(=O)N[C@@H]([C@@H](C)CC)C(=O)N(C)CC(=O)N(C)CC(=O)N(C)[C@@H](Cc2ccc(C(F)(F)F)cc2)C(=O)N(C)CC(=O)N[C@@H](CCc2ccc(C(F)(F)F)c(Cl)c2)C(=O)N2CCC[C@H]2C(=O)NC2(CCCC2)C(=O)N(C)[C@@H](C2CCCCC2)C(=O)N(C)[C@H](C(=O)N2CCOCC2)CC(=O)N1C. The van der Waals surface area contributed by atoms with Gasteiger partial charge in [-0.2, -0.15) is 26.3 Å².